The van der Waals surface area contributed by atoms with Gasteiger partial charge in [-0.3, -0.25) is 4.90 Å². The lowest BCUT2D eigenvalue weighted by atomic mass is 10.0. The van der Waals surface area contributed by atoms with E-state index in [-0.39, 0.29) is 10.8 Å². The lowest BCUT2D eigenvalue weighted by Crippen LogP contribution is -2.30. The van der Waals surface area contributed by atoms with Crippen LogP contribution in [0.25, 0.3) is 11.3 Å². The summed E-state index contributed by atoms with van der Waals surface area (Å²) >= 11 is 6.30. The average Bonchev–Trinajstić information content (AvgIpc) is 3.11. The van der Waals surface area contributed by atoms with E-state index >= 15 is 0 Å². The number of pyridine rings is 1. The summed E-state index contributed by atoms with van der Waals surface area (Å²) in [6.07, 6.45) is -4.39. The third-order valence-electron chi connectivity index (χ3n) is 4.90. The molecule has 0 aliphatic carbocycles. The second-order valence-corrected chi connectivity index (χ2v) is 7.64. The van der Waals surface area contributed by atoms with E-state index in [1.807, 2.05) is 23.6 Å². The van der Waals surface area contributed by atoms with E-state index in [4.69, 9.17) is 11.6 Å². The normalized spacial score (nSPS) is 16.0. The largest absolute Gasteiger partial charge is 0.433 e. The van der Waals surface area contributed by atoms with E-state index in [2.05, 4.69) is 9.97 Å². The molecule has 1 aliphatic heterocycles. The molecule has 1 unspecified atom stereocenters. The molecule has 2 aromatic heterocycles. The summed E-state index contributed by atoms with van der Waals surface area (Å²) in [4.78, 5) is 11.5. The Morgan fingerprint density at radius 2 is 1.90 bits per heavy atom. The van der Waals surface area contributed by atoms with Crippen molar-refractivity contribution in [3.63, 3.8) is 0 Å². The van der Waals surface area contributed by atoms with Gasteiger partial charge in [0.2, 0.25) is 0 Å². The summed E-state index contributed by atoms with van der Waals surface area (Å²) in [5, 5.41) is 11.4. The summed E-state index contributed by atoms with van der Waals surface area (Å²) in [6.45, 7) is 1.24. The van der Waals surface area contributed by atoms with Gasteiger partial charge < -0.3 is 14.6 Å². The maximum atomic E-state index is 13.4. The van der Waals surface area contributed by atoms with E-state index < -0.39 is 18.1 Å². The molecule has 1 atom stereocenters. The highest BCUT2D eigenvalue weighted by Crippen LogP contribution is 2.48. The zero-order valence-corrected chi connectivity index (χ0v) is 17.0. The van der Waals surface area contributed by atoms with Crippen LogP contribution >= 0.6 is 11.6 Å². The molecule has 0 amide bonds. The van der Waals surface area contributed by atoms with Crippen molar-refractivity contribution in [2.75, 3.05) is 25.5 Å². The fourth-order valence-corrected chi connectivity index (χ4v) is 3.69. The van der Waals surface area contributed by atoms with Crippen LogP contribution in [0.2, 0.25) is 5.02 Å². The third-order valence-corrected chi connectivity index (χ3v) is 5.22. The lowest BCUT2D eigenvalue weighted by Gasteiger charge is -2.35. The van der Waals surface area contributed by atoms with Crippen LogP contribution in [-0.4, -0.2) is 45.2 Å². The monoisotopic (exact) mass is 437 g/mol. The molecule has 0 radical (unpaired) electrons. The van der Waals surface area contributed by atoms with Crippen molar-refractivity contribution in [3.05, 3.63) is 59.1 Å². The second kappa shape index (κ2) is 7.57. The van der Waals surface area contributed by atoms with Crippen LogP contribution in [0.4, 0.5) is 24.7 Å². The fraction of sp³-hybridized carbons (Fsp3) is 0.300. The summed E-state index contributed by atoms with van der Waals surface area (Å²) in [5.74, 6) is -0.0236. The van der Waals surface area contributed by atoms with Crippen molar-refractivity contribution in [1.29, 1.82) is 0 Å². The zero-order chi connectivity index (χ0) is 21.6. The SMILES string of the molecule is CN(C)CCn1cnc2c1-c1ccc(C(F)(F)F)nc1N(c1ccccc1Cl)C2O. The molecule has 1 aliphatic rings. The van der Waals surface area contributed by atoms with E-state index in [9.17, 15) is 18.3 Å². The number of aromatic nitrogens is 3. The number of anilines is 2. The van der Waals surface area contributed by atoms with Gasteiger partial charge in [0.05, 0.1) is 22.7 Å². The number of aliphatic hydroxyl groups excluding tert-OH is 1. The third kappa shape index (κ3) is 3.53. The summed E-state index contributed by atoms with van der Waals surface area (Å²) in [7, 11) is 3.84. The minimum atomic E-state index is -4.63. The number of para-hydroxylation sites is 1. The molecule has 3 aromatic rings. The van der Waals surface area contributed by atoms with E-state index in [1.54, 1.807) is 30.6 Å². The van der Waals surface area contributed by atoms with Crippen LogP contribution in [-0.2, 0) is 12.7 Å². The molecular formula is C20H19ClF3N5O. The number of likely N-dealkylation sites (N-methyl/N-ethyl adjacent to an activating group) is 1. The summed E-state index contributed by atoms with van der Waals surface area (Å²) in [6, 6.07) is 8.91. The molecule has 30 heavy (non-hydrogen) atoms. The first-order chi connectivity index (χ1) is 14.2. The number of imidazole rings is 1. The van der Waals surface area contributed by atoms with E-state index in [1.165, 1.54) is 11.0 Å². The molecule has 158 valence electrons. The van der Waals surface area contributed by atoms with Gasteiger partial charge in [-0.05, 0) is 38.4 Å². The van der Waals surface area contributed by atoms with Crippen LogP contribution in [0.3, 0.4) is 0 Å². The Balaban J connectivity index is 1.93. The highest BCUT2D eigenvalue weighted by molar-refractivity contribution is 6.33. The molecular weight excluding hydrogens is 419 g/mol. The first-order valence-electron chi connectivity index (χ1n) is 9.18. The number of hydrogen-bond donors (Lipinski definition) is 1. The molecule has 1 aromatic carbocycles. The Kier molecular flexibility index (Phi) is 5.21. The van der Waals surface area contributed by atoms with E-state index in [0.717, 1.165) is 6.07 Å². The first kappa shape index (κ1) is 20.6. The standard InChI is InChI=1S/C20H19ClF3N5O/c1-27(2)9-10-28-11-25-16-17(28)12-7-8-15(20(22,23)24)26-18(12)29(19(16)30)14-6-4-3-5-13(14)21/h3-8,11,19,30H,9-10H2,1-2H3. The van der Waals surface area contributed by atoms with Crippen LogP contribution in [0.15, 0.2) is 42.7 Å². The van der Waals surface area contributed by atoms with Crippen LogP contribution in [0, 0.1) is 0 Å². The molecule has 0 bridgehead atoms. The Bertz CT molecular complexity index is 1080. The topological polar surface area (TPSA) is 57.4 Å². The molecule has 0 saturated heterocycles. The number of fused-ring (bicyclic) bond motifs is 3. The predicted molar refractivity (Wildman–Crippen MR) is 108 cm³/mol. The number of benzene rings is 1. The molecule has 6 nitrogen and oxygen atoms in total. The molecule has 0 saturated carbocycles. The highest BCUT2D eigenvalue weighted by Gasteiger charge is 2.39. The quantitative estimate of drug-likeness (QED) is 0.658. The smallest absolute Gasteiger partial charge is 0.368 e. The Hall–Kier alpha value is -2.62. The van der Waals surface area contributed by atoms with Gasteiger partial charge in [-0.25, -0.2) is 9.97 Å². The second-order valence-electron chi connectivity index (χ2n) is 7.24. The number of alkyl halides is 3. The van der Waals surface area contributed by atoms with Gasteiger partial charge in [0.25, 0.3) is 0 Å². The van der Waals surface area contributed by atoms with Crippen LogP contribution < -0.4 is 4.90 Å². The van der Waals surface area contributed by atoms with Gasteiger partial charge in [-0.2, -0.15) is 13.2 Å². The Morgan fingerprint density at radius 3 is 2.57 bits per heavy atom. The fourth-order valence-electron chi connectivity index (χ4n) is 3.46. The maximum absolute atomic E-state index is 13.4. The minimum absolute atomic E-state index is 0.0236. The number of hydrogen-bond acceptors (Lipinski definition) is 5. The molecule has 4 rings (SSSR count). The number of rotatable bonds is 4. The van der Waals surface area contributed by atoms with Gasteiger partial charge in [-0.15, -0.1) is 0 Å². The minimum Gasteiger partial charge on any atom is -0.368 e. The van der Waals surface area contributed by atoms with Crippen molar-refractivity contribution in [3.8, 4) is 11.3 Å². The average molecular weight is 438 g/mol. The summed E-state index contributed by atoms with van der Waals surface area (Å²) in [5.41, 5.74) is 0.618. The number of halogens is 4. The van der Waals surface area contributed by atoms with Crippen molar-refractivity contribution in [1.82, 2.24) is 19.4 Å². The van der Waals surface area contributed by atoms with Crippen molar-refractivity contribution in [2.24, 2.45) is 0 Å². The van der Waals surface area contributed by atoms with Gasteiger partial charge in [0, 0.05) is 18.7 Å². The first-order valence-corrected chi connectivity index (χ1v) is 9.56. The van der Waals surface area contributed by atoms with Gasteiger partial charge in [0.15, 0.2) is 6.23 Å². The Labute approximate surface area is 176 Å². The molecule has 0 spiro atoms. The van der Waals surface area contributed by atoms with E-state index in [0.29, 0.717) is 35.7 Å². The number of aliphatic hydroxyl groups is 1. The Morgan fingerprint density at radius 1 is 1.17 bits per heavy atom. The van der Waals surface area contributed by atoms with Gasteiger partial charge >= 0.3 is 6.18 Å². The van der Waals surface area contributed by atoms with Crippen molar-refractivity contribution in [2.45, 2.75) is 18.9 Å². The van der Waals surface area contributed by atoms with Gasteiger partial charge in [0.1, 0.15) is 17.2 Å². The number of nitrogens with zero attached hydrogens (tertiary/aromatic N) is 5. The zero-order valence-electron chi connectivity index (χ0n) is 16.2. The van der Waals surface area contributed by atoms with Crippen molar-refractivity contribution >= 4 is 23.1 Å². The highest BCUT2D eigenvalue weighted by atomic mass is 35.5. The van der Waals surface area contributed by atoms with Crippen LogP contribution in [0.1, 0.15) is 17.6 Å². The molecule has 0 fully saturated rings. The lowest BCUT2D eigenvalue weighted by molar-refractivity contribution is -0.141. The predicted octanol–water partition coefficient (Wildman–Crippen LogP) is 4.32. The maximum Gasteiger partial charge on any atom is 0.433 e. The van der Waals surface area contributed by atoms with Crippen molar-refractivity contribution < 1.29 is 18.3 Å². The molecule has 1 N–H and O–H groups in total. The molecule has 10 heteroatoms. The molecule has 3 heterocycles. The van der Waals surface area contributed by atoms with Crippen LogP contribution in [0.5, 0.6) is 0 Å². The summed E-state index contributed by atoms with van der Waals surface area (Å²) < 4.78 is 42.0. The van der Waals surface area contributed by atoms with Gasteiger partial charge in [-0.1, -0.05) is 23.7 Å².